The third-order valence-electron chi connectivity index (χ3n) is 5.37. The summed E-state index contributed by atoms with van der Waals surface area (Å²) in [5, 5.41) is 9.72. The van der Waals surface area contributed by atoms with E-state index in [9.17, 15) is 4.79 Å². The number of thioether (sulfide) groups is 1. The molecule has 8 heteroatoms. The van der Waals surface area contributed by atoms with Crippen LogP contribution in [0, 0.1) is 0 Å². The Morgan fingerprint density at radius 3 is 2.45 bits per heavy atom. The van der Waals surface area contributed by atoms with Crippen LogP contribution in [-0.2, 0) is 9.53 Å². The molecule has 2 fully saturated rings. The molecule has 0 unspecified atom stereocenters. The highest BCUT2D eigenvalue weighted by Crippen LogP contribution is 2.28. The minimum absolute atomic E-state index is 0.0753. The molecule has 0 N–H and O–H groups in total. The Morgan fingerprint density at radius 1 is 1.07 bits per heavy atom. The SMILES string of the molecule is C[C@@H]1CN(C(=O)CSc2nnc(N3CCCCC3)n2-c2ccccc2)C[C@H](C)O1. The molecule has 2 saturated heterocycles. The third-order valence-corrected chi connectivity index (χ3v) is 6.28. The highest BCUT2D eigenvalue weighted by molar-refractivity contribution is 7.99. The van der Waals surface area contributed by atoms with Gasteiger partial charge in [0, 0.05) is 26.2 Å². The number of morpholine rings is 1. The van der Waals surface area contributed by atoms with Crippen molar-refractivity contribution in [3.8, 4) is 5.69 Å². The summed E-state index contributed by atoms with van der Waals surface area (Å²) < 4.78 is 7.84. The molecular formula is C21H29N5O2S. The Balaban J connectivity index is 1.52. The van der Waals surface area contributed by atoms with Crippen molar-refractivity contribution >= 4 is 23.6 Å². The van der Waals surface area contributed by atoms with Crippen LogP contribution in [0.4, 0.5) is 5.95 Å². The fourth-order valence-electron chi connectivity index (χ4n) is 4.06. The molecule has 4 rings (SSSR count). The van der Waals surface area contributed by atoms with Gasteiger partial charge in [0.2, 0.25) is 11.9 Å². The van der Waals surface area contributed by atoms with Crippen molar-refractivity contribution in [3.05, 3.63) is 30.3 Å². The first-order valence-corrected chi connectivity index (χ1v) is 11.4. The quantitative estimate of drug-likeness (QED) is 0.700. The van der Waals surface area contributed by atoms with Gasteiger partial charge in [-0.1, -0.05) is 30.0 Å². The van der Waals surface area contributed by atoms with Crippen LogP contribution in [0.2, 0.25) is 0 Å². The number of anilines is 1. The monoisotopic (exact) mass is 415 g/mol. The molecule has 1 aromatic heterocycles. The summed E-state index contributed by atoms with van der Waals surface area (Å²) in [5.74, 6) is 1.35. The maximum Gasteiger partial charge on any atom is 0.233 e. The average molecular weight is 416 g/mol. The van der Waals surface area contributed by atoms with Crippen LogP contribution in [0.5, 0.6) is 0 Å². The van der Waals surface area contributed by atoms with Crippen LogP contribution in [0.1, 0.15) is 33.1 Å². The molecule has 2 aliphatic rings. The first kappa shape index (κ1) is 20.2. The summed E-state index contributed by atoms with van der Waals surface area (Å²) >= 11 is 1.46. The molecule has 2 aliphatic heterocycles. The second-order valence-electron chi connectivity index (χ2n) is 7.85. The van der Waals surface area contributed by atoms with Crippen LogP contribution in [0.3, 0.4) is 0 Å². The second-order valence-corrected chi connectivity index (χ2v) is 8.79. The lowest BCUT2D eigenvalue weighted by Crippen LogP contribution is -2.48. The van der Waals surface area contributed by atoms with Crippen molar-refractivity contribution in [1.29, 1.82) is 0 Å². The summed E-state index contributed by atoms with van der Waals surface area (Å²) in [6, 6.07) is 10.2. The Kier molecular flexibility index (Phi) is 6.40. The van der Waals surface area contributed by atoms with E-state index in [1.807, 2.05) is 36.9 Å². The molecule has 2 aromatic rings. The van der Waals surface area contributed by atoms with Gasteiger partial charge in [0.05, 0.1) is 23.6 Å². The minimum atomic E-state index is 0.0753. The van der Waals surface area contributed by atoms with Crippen LogP contribution in [0.25, 0.3) is 5.69 Å². The number of para-hydroxylation sites is 1. The van der Waals surface area contributed by atoms with Crippen LogP contribution >= 0.6 is 11.8 Å². The molecule has 0 bridgehead atoms. The number of amides is 1. The maximum atomic E-state index is 12.8. The first-order valence-electron chi connectivity index (χ1n) is 10.4. The van der Waals surface area contributed by atoms with E-state index >= 15 is 0 Å². The molecule has 0 spiro atoms. The zero-order valence-electron chi connectivity index (χ0n) is 17.2. The molecule has 156 valence electrons. The maximum absolute atomic E-state index is 12.8. The molecule has 29 heavy (non-hydrogen) atoms. The topological polar surface area (TPSA) is 63.5 Å². The van der Waals surface area contributed by atoms with E-state index in [1.165, 1.54) is 31.0 Å². The van der Waals surface area contributed by atoms with Crippen molar-refractivity contribution in [3.63, 3.8) is 0 Å². The van der Waals surface area contributed by atoms with E-state index in [0.717, 1.165) is 29.9 Å². The Labute approximate surface area is 176 Å². The average Bonchev–Trinajstić information content (AvgIpc) is 3.16. The van der Waals surface area contributed by atoms with E-state index in [0.29, 0.717) is 18.8 Å². The van der Waals surface area contributed by atoms with E-state index in [4.69, 9.17) is 4.74 Å². The largest absolute Gasteiger partial charge is 0.372 e. The van der Waals surface area contributed by atoms with Crippen molar-refractivity contribution in [2.75, 3.05) is 36.8 Å². The highest BCUT2D eigenvalue weighted by atomic mass is 32.2. The number of hydrogen-bond acceptors (Lipinski definition) is 6. The summed E-state index contributed by atoms with van der Waals surface area (Å²) in [5.41, 5.74) is 1.03. The van der Waals surface area contributed by atoms with Crippen LogP contribution in [0.15, 0.2) is 35.5 Å². The van der Waals surface area contributed by atoms with Gasteiger partial charge in [0.15, 0.2) is 5.16 Å². The van der Waals surface area contributed by atoms with Gasteiger partial charge >= 0.3 is 0 Å². The third kappa shape index (κ3) is 4.75. The van der Waals surface area contributed by atoms with Gasteiger partial charge in [-0.3, -0.25) is 9.36 Å². The predicted molar refractivity (Wildman–Crippen MR) is 115 cm³/mol. The zero-order chi connectivity index (χ0) is 20.2. The number of benzene rings is 1. The standard InChI is InChI=1S/C21H29N5O2S/c1-16-13-25(14-17(2)28-16)19(27)15-29-21-23-22-20(24-11-7-4-8-12-24)26(21)18-9-5-3-6-10-18/h3,5-6,9-10,16-17H,4,7-8,11-15H2,1-2H3/t16-,17+. The van der Waals surface area contributed by atoms with Crippen molar-refractivity contribution in [2.24, 2.45) is 0 Å². The second kappa shape index (κ2) is 9.17. The normalized spacial score (nSPS) is 22.7. The van der Waals surface area contributed by atoms with E-state index in [-0.39, 0.29) is 18.1 Å². The predicted octanol–water partition coefficient (Wildman–Crippen LogP) is 2.99. The molecule has 7 nitrogen and oxygen atoms in total. The Bertz CT molecular complexity index is 812. The zero-order valence-corrected chi connectivity index (χ0v) is 18.0. The van der Waals surface area contributed by atoms with Gasteiger partial charge in [0.25, 0.3) is 0 Å². The van der Waals surface area contributed by atoms with Gasteiger partial charge in [-0.25, -0.2) is 0 Å². The fraction of sp³-hybridized carbons (Fsp3) is 0.571. The number of ether oxygens (including phenoxy) is 1. The van der Waals surface area contributed by atoms with Crippen molar-refractivity contribution in [2.45, 2.75) is 50.5 Å². The molecule has 1 amide bonds. The number of rotatable bonds is 5. The summed E-state index contributed by atoms with van der Waals surface area (Å²) in [6.45, 7) is 7.32. The lowest BCUT2D eigenvalue weighted by atomic mass is 10.1. The smallest absolute Gasteiger partial charge is 0.233 e. The van der Waals surface area contributed by atoms with Crippen molar-refractivity contribution in [1.82, 2.24) is 19.7 Å². The molecule has 0 aliphatic carbocycles. The van der Waals surface area contributed by atoms with E-state index in [2.05, 4.69) is 31.8 Å². The number of nitrogens with zero attached hydrogens (tertiary/aromatic N) is 5. The number of carbonyl (C=O) groups is 1. The Morgan fingerprint density at radius 2 is 1.76 bits per heavy atom. The minimum Gasteiger partial charge on any atom is -0.372 e. The van der Waals surface area contributed by atoms with Crippen LogP contribution < -0.4 is 4.90 Å². The van der Waals surface area contributed by atoms with Gasteiger partial charge in [-0.05, 0) is 45.2 Å². The number of hydrogen-bond donors (Lipinski definition) is 0. The first-order chi connectivity index (χ1) is 14.1. The number of aromatic nitrogens is 3. The highest BCUT2D eigenvalue weighted by Gasteiger charge is 2.27. The Hall–Kier alpha value is -2.06. The van der Waals surface area contributed by atoms with E-state index < -0.39 is 0 Å². The summed E-state index contributed by atoms with van der Waals surface area (Å²) in [4.78, 5) is 17.0. The van der Waals surface area contributed by atoms with E-state index in [1.54, 1.807) is 0 Å². The van der Waals surface area contributed by atoms with Crippen molar-refractivity contribution < 1.29 is 9.53 Å². The number of piperidine rings is 1. The lowest BCUT2D eigenvalue weighted by Gasteiger charge is -2.35. The molecule has 1 aromatic carbocycles. The molecular weight excluding hydrogens is 386 g/mol. The molecule has 2 atom stereocenters. The van der Waals surface area contributed by atoms with Crippen LogP contribution in [-0.4, -0.2) is 69.7 Å². The summed E-state index contributed by atoms with van der Waals surface area (Å²) in [6.07, 6.45) is 3.77. The summed E-state index contributed by atoms with van der Waals surface area (Å²) in [7, 11) is 0. The van der Waals surface area contributed by atoms with Gasteiger partial charge in [0.1, 0.15) is 0 Å². The van der Waals surface area contributed by atoms with Gasteiger partial charge in [-0.15, -0.1) is 10.2 Å². The lowest BCUT2D eigenvalue weighted by molar-refractivity contribution is -0.140. The molecule has 0 saturated carbocycles. The molecule has 3 heterocycles. The fourth-order valence-corrected chi connectivity index (χ4v) is 4.91. The molecule has 0 radical (unpaired) electrons. The van der Waals surface area contributed by atoms with Gasteiger partial charge < -0.3 is 14.5 Å². The number of carbonyl (C=O) groups excluding carboxylic acids is 1. The van der Waals surface area contributed by atoms with Gasteiger partial charge in [-0.2, -0.15) is 0 Å².